The average Bonchev–Trinajstić information content (AvgIpc) is 3.16. The third kappa shape index (κ3) is 4.14. The molecule has 0 saturated heterocycles. The van der Waals surface area contributed by atoms with Crippen LogP contribution in [0.25, 0.3) is 11.3 Å². The van der Waals surface area contributed by atoms with Crippen molar-refractivity contribution in [3.05, 3.63) is 71.2 Å². The van der Waals surface area contributed by atoms with E-state index >= 15 is 0 Å². The van der Waals surface area contributed by atoms with E-state index in [1.807, 2.05) is 36.4 Å². The molecule has 2 heterocycles. The smallest absolute Gasteiger partial charge is 0.220 e. The maximum absolute atomic E-state index is 12.4. The van der Waals surface area contributed by atoms with Crippen LogP contribution in [0.3, 0.4) is 0 Å². The lowest BCUT2D eigenvalue weighted by Crippen LogP contribution is -2.32. The first kappa shape index (κ1) is 17.6. The zero-order chi connectivity index (χ0) is 18.6. The van der Waals surface area contributed by atoms with Crippen molar-refractivity contribution in [2.24, 2.45) is 0 Å². The molecule has 4 rings (SSSR count). The Bertz CT molecular complexity index is 937. The van der Waals surface area contributed by atoms with Gasteiger partial charge < -0.3 is 14.5 Å². The molecule has 1 aliphatic rings. The Morgan fingerprint density at radius 1 is 1.19 bits per heavy atom. The monoisotopic (exact) mass is 382 g/mol. The van der Waals surface area contributed by atoms with Crippen molar-refractivity contribution in [2.75, 3.05) is 6.61 Å². The van der Waals surface area contributed by atoms with Crippen LogP contribution < -0.4 is 10.1 Å². The van der Waals surface area contributed by atoms with E-state index in [4.69, 9.17) is 20.8 Å². The highest BCUT2D eigenvalue weighted by Crippen LogP contribution is 2.31. The Labute approximate surface area is 162 Å². The molecule has 1 aliphatic heterocycles. The topological polar surface area (TPSA) is 64.4 Å². The molecule has 138 valence electrons. The number of fused-ring (bicyclic) bond motifs is 1. The first-order valence-corrected chi connectivity index (χ1v) is 9.28. The van der Waals surface area contributed by atoms with Gasteiger partial charge in [-0.15, -0.1) is 0 Å². The lowest BCUT2D eigenvalue weighted by atomic mass is 10.0. The van der Waals surface area contributed by atoms with Gasteiger partial charge in [0, 0.05) is 35.4 Å². The van der Waals surface area contributed by atoms with Gasteiger partial charge in [-0.2, -0.15) is 0 Å². The standard InChI is InChI=1S/C21H19ClN2O3/c22-15-7-5-14(6-8-15)19-13-23-21(27-19)10-9-20(25)24-17-11-12-26-18-4-2-1-3-16(17)18/h1-8,13,17H,9-12H2,(H,24,25)/t17-/m0/s1. The number of aryl methyl sites for hydroxylation is 1. The number of oxazole rings is 1. The summed E-state index contributed by atoms with van der Waals surface area (Å²) in [5.74, 6) is 2.03. The first-order chi connectivity index (χ1) is 13.2. The number of rotatable bonds is 5. The number of benzene rings is 2. The number of para-hydroxylation sites is 1. The lowest BCUT2D eigenvalue weighted by molar-refractivity contribution is -0.122. The SMILES string of the molecule is O=C(CCc1ncc(-c2ccc(Cl)cc2)o1)N[C@H]1CCOc2ccccc21. The lowest BCUT2D eigenvalue weighted by Gasteiger charge is -2.26. The summed E-state index contributed by atoms with van der Waals surface area (Å²) in [5.41, 5.74) is 1.93. The summed E-state index contributed by atoms with van der Waals surface area (Å²) in [4.78, 5) is 16.6. The van der Waals surface area contributed by atoms with Gasteiger partial charge in [0.25, 0.3) is 0 Å². The number of hydrogen-bond acceptors (Lipinski definition) is 4. The second kappa shape index (κ2) is 7.84. The largest absolute Gasteiger partial charge is 0.493 e. The van der Waals surface area contributed by atoms with Crippen LogP contribution in [-0.4, -0.2) is 17.5 Å². The fourth-order valence-corrected chi connectivity index (χ4v) is 3.28. The van der Waals surface area contributed by atoms with E-state index in [9.17, 15) is 4.79 Å². The molecule has 1 aromatic heterocycles. The Morgan fingerprint density at radius 2 is 2.00 bits per heavy atom. The number of halogens is 1. The Morgan fingerprint density at radius 3 is 2.85 bits per heavy atom. The van der Waals surface area contributed by atoms with Crippen LogP contribution in [0.1, 0.15) is 30.3 Å². The molecule has 0 spiro atoms. The van der Waals surface area contributed by atoms with Crippen LogP contribution in [0.4, 0.5) is 0 Å². The van der Waals surface area contributed by atoms with Crippen molar-refractivity contribution in [1.29, 1.82) is 0 Å². The molecule has 1 amide bonds. The minimum Gasteiger partial charge on any atom is -0.493 e. The van der Waals surface area contributed by atoms with E-state index in [1.54, 1.807) is 18.3 Å². The van der Waals surface area contributed by atoms with Crippen LogP contribution in [0.15, 0.2) is 59.1 Å². The first-order valence-electron chi connectivity index (χ1n) is 8.91. The molecule has 0 bridgehead atoms. The Kier molecular flexibility index (Phi) is 5.12. The van der Waals surface area contributed by atoms with E-state index in [1.165, 1.54) is 0 Å². The van der Waals surface area contributed by atoms with Crippen molar-refractivity contribution in [1.82, 2.24) is 10.3 Å². The second-order valence-electron chi connectivity index (χ2n) is 6.42. The van der Waals surface area contributed by atoms with Crippen molar-refractivity contribution >= 4 is 17.5 Å². The van der Waals surface area contributed by atoms with Crippen LogP contribution in [0.5, 0.6) is 5.75 Å². The van der Waals surface area contributed by atoms with Crippen molar-refractivity contribution < 1.29 is 13.9 Å². The van der Waals surface area contributed by atoms with Gasteiger partial charge in [-0.1, -0.05) is 29.8 Å². The number of carbonyl (C=O) groups excluding carboxylic acids is 1. The van der Waals surface area contributed by atoms with E-state index in [2.05, 4.69) is 10.3 Å². The average molecular weight is 383 g/mol. The fraction of sp³-hybridized carbons (Fsp3) is 0.238. The number of nitrogens with one attached hydrogen (secondary N) is 1. The molecule has 0 saturated carbocycles. The molecule has 3 aromatic rings. The van der Waals surface area contributed by atoms with Crippen LogP contribution in [0.2, 0.25) is 5.02 Å². The predicted molar refractivity (Wildman–Crippen MR) is 103 cm³/mol. The quantitative estimate of drug-likeness (QED) is 0.702. The highest BCUT2D eigenvalue weighted by Gasteiger charge is 2.22. The maximum Gasteiger partial charge on any atom is 0.220 e. The van der Waals surface area contributed by atoms with Crippen LogP contribution >= 0.6 is 11.6 Å². The van der Waals surface area contributed by atoms with Gasteiger partial charge in [0.2, 0.25) is 5.91 Å². The second-order valence-corrected chi connectivity index (χ2v) is 6.86. The molecule has 0 radical (unpaired) electrons. The van der Waals surface area contributed by atoms with Gasteiger partial charge in [-0.3, -0.25) is 4.79 Å². The molecule has 27 heavy (non-hydrogen) atoms. The number of amides is 1. The van der Waals surface area contributed by atoms with Crippen molar-refractivity contribution in [3.8, 4) is 17.1 Å². The highest BCUT2D eigenvalue weighted by molar-refractivity contribution is 6.30. The summed E-state index contributed by atoms with van der Waals surface area (Å²) in [6.45, 7) is 0.603. The molecule has 0 aliphatic carbocycles. The summed E-state index contributed by atoms with van der Waals surface area (Å²) >= 11 is 5.90. The number of aromatic nitrogens is 1. The molecule has 1 N–H and O–H groups in total. The third-order valence-corrected chi connectivity index (χ3v) is 4.79. The molecular formula is C21H19ClN2O3. The Balaban J connectivity index is 1.34. The summed E-state index contributed by atoms with van der Waals surface area (Å²) in [5, 5.41) is 3.76. The zero-order valence-electron chi connectivity index (χ0n) is 14.7. The molecule has 0 fully saturated rings. The summed E-state index contributed by atoms with van der Waals surface area (Å²) < 4.78 is 11.4. The number of carbonyl (C=O) groups is 1. The van der Waals surface area contributed by atoms with Crippen LogP contribution in [-0.2, 0) is 11.2 Å². The predicted octanol–water partition coefficient (Wildman–Crippen LogP) is 4.57. The minimum absolute atomic E-state index is 0.0170. The zero-order valence-corrected chi connectivity index (χ0v) is 15.4. The third-order valence-electron chi connectivity index (χ3n) is 4.54. The van der Waals surface area contributed by atoms with Gasteiger partial charge >= 0.3 is 0 Å². The summed E-state index contributed by atoms with van der Waals surface area (Å²) in [6.07, 6.45) is 3.21. The maximum atomic E-state index is 12.4. The van der Waals surface area contributed by atoms with Crippen molar-refractivity contribution in [2.45, 2.75) is 25.3 Å². The van der Waals surface area contributed by atoms with E-state index in [-0.39, 0.29) is 11.9 Å². The normalized spacial score (nSPS) is 15.7. The molecule has 2 aromatic carbocycles. The molecule has 6 heteroatoms. The Hall–Kier alpha value is -2.79. The minimum atomic E-state index is -0.0251. The van der Waals surface area contributed by atoms with Crippen molar-refractivity contribution in [3.63, 3.8) is 0 Å². The number of hydrogen-bond donors (Lipinski definition) is 1. The van der Waals surface area contributed by atoms with Gasteiger partial charge in [-0.05, 0) is 30.3 Å². The number of ether oxygens (including phenoxy) is 1. The van der Waals surface area contributed by atoms with E-state index in [0.29, 0.717) is 36.1 Å². The van der Waals surface area contributed by atoms with Gasteiger partial charge in [0.1, 0.15) is 5.75 Å². The van der Waals surface area contributed by atoms with Crippen LogP contribution in [0, 0.1) is 0 Å². The van der Waals surface area contributed by atoms with Gasteiger partial charge in [0.05, 0.1) is 18.8 Å². The molecular weight excluding hydrogens is 364 g/mol. The van der Waals surface area contributed by atoms with E-state index in [0.717, 1.165) is 23.3 Å². The number of nitrogens with zero attached hydrogens (tertiary/aromatic N) is 1. The molecule has 1 atom stereocenters. The molecule has 0 unspecified atom stereocenters. The van der Waals surface area contributed by atoms with E-state index < -0.39 is 0 Å². The summed E-state index contributed by atoms with van der Waals surface area (Å²) in [7, 11) is 0. The fourth-order valence-electron chi connectivity index (χ4n) is 3.15. The molecule has 5 nitrogen and oxygen atoms in total. The van der Waals surface area contributed by atoms with Gasteiger partial charge in [0.15, 0.2) is 11.7 Å². The highest BCUT2D eigenvalue weighted by atomic mass is 35.5. The van der Waals surface area contributed by atoms with Gasteiger partial charge in [-0.25, -0.2) is 4.98 Å². The summed E-state index contributed by atoms with van der Waals surface area (Å²) in [6, 6.07) is 15.2.